The normalized spacial score (nSPS) is 18.7. The first-order valence-corrected chi connectivity index (χ1v) is 9.12. The van der Waals surface area contributed by atoms with Crippen molar-refractivity contribution in [1.29, 1.82) is 0 Å². The highest BCUT2D eigenvalue weighted by atomic mass is 16.2. The number of imide groups is 1. The first kappa shape index (κ1) is 18.2. The van der Waals surface area contributed by atoms with Crippen LogP contribution in [0.5, 0.6) is 0 Å². The number of rotatable bonds is 6. The molecule has 138 valence electrons. The molecule has 6 heteroatoms. The first-order chi connectivity index (χ1) is 12.6. The van der Waals surface area contributed by atoms with Crippen LogP contribution in [0.2, 0.25) is 0 Å². The van der Waals surface area contributed by atoms with Gasteiger partial charge in [-0.1, -0.05) is 55.7 Å². The van der Waals surface area contributed by atoms with Crippen molar-refractivity contribution in [3.05, 3.63) is 48.6 Å². The van der Waals surface area contributed by atoms with E-state index in [0.29, 0.717) is 25.9 Å². The summed E-state index contributed by atoms with van der Waals surface area (Å²) in [5, 5.41) is 2.84. The molecule has 4 amide bonds. The fourth-order valence-electron chi connectivity index (χ4n) is 3.76. The van der Waals surface area contributed by atoms with Gasteiger partial charge in [-0.3, -0.25) is 14.5 Å². The molecule has 1 aromatic carbocycles. The third kappa shape index (κ3) is 3.64. The molecule has 1 spiro atoms. The Hall–Kier alpha value is -2.63. The lowest BCUT2D eigenvalue weighted by atomic mass is 9.82. The fraction of sp³-hybridized carbons (Fsp3) is 0.450. The second-order valence-corrected chi connectivity index (χ2v) is 7.01. The smallest absolute Gasteiger partial charge is 0.325 e. The molecule has 1 aliphatic carbocycles. The molecule has 0 bridgehead atoms. The molecule has 3 rings (SSSR count). The van der Waals surface area contributed by atoms with Gasteiger partial charge < -0.3 is 10.2 Å². The molecule has 1 aromatic rings. The Balaban J connectivity index is 1.69. The minimum Gasteiger partial charge on any atom is -0.333 e. The van der Waals surface area contributed by atoms with Crippen LogP contribution in [0.15, 0.2) is 43.0 Å². The fourth-order valence-corrected chi connectivity index (χ4v) is 3.76. The molecule has 0 atom stereocenters. The van der Waals surface area contributed by atoms with Gasteiger partial charge in [0.1, 0.15) is 12.1 Å². The van der Waals surface area contributed by atoms with E-state index in [9.17, 15) is 14.4 Å². The molecule has 6 nitrogen and oxygen atoms in total. The van der Waals surface area contributed by atoms with Gasteiger partial charge in [0.05, 0.1) is 0 Å². The quantitative estimate of drug-likeness (QED) is 0.629. The van der Waals surface area contributed by atoms with E-state index in [0.717, 1.165) is 29.7 Å². The number of urea groups is 1. The highest BCUT2D eigenvalue weighted by Crippen LogP contribution is 2.33. The van der Waals surface area contributed by atoms with Crippen molar-refractivity contribution in [2.75, 3.05) is 13.1 Å². The van der Waals surface area contributed by atoms with E-state index in [2.05, 4.69) is 11.9 Å². The van der Waals surface area contributed by atoms with Crippen molar-refractivity contribution in [3.8, 4) is 0 Å². The summed E-state index contributed by atoms with van der Waals surface area (Å²) in [5.74, 6) is -0.515. The van der Waals surface area contributed by atoms with Crippen LogP contribution >= 0.6 is 0 Å². The third-order valence-electron chi connectivity index (χ3n) is 5.16. The molecular weight excluding hydrogens is 330 g/mol. The predicted molar refractivity (Wildman–Crippen MR) is 98.1 cm³/mol. The van der Waals surface area contributed by atoms with Crippen molar-refractivity contribution in [2.24, 2.45) is 0 Å². The highest BCUT2D eigenvalue weighted by molar-refractivity contribution is 6.09. The number of hydrogen-bond acceptors (Lipinski definition) is 3. The lowest BCUT2D eigenvalue weighted by molar-refractivity contribution is -0.139. The van der Waals surface area contributed by atoms with E-state index >= 15 is 0 Å². The third-order valence-corrected chi connectivity index (χ3v) is 5.16. The van der Waals surface area contributed by atoms with Gasteiger partial charge in [0, 0.05) is 13.1 Å². The van der Waals surface area contributed by atoms with Gasteiger partial charge >= 0.3 is 6.03 Å². The van der Waals surface area contributed by atoms with Crippen LogP contribution in [0.25, 0.3) is 0 Å². The Morgan fingerprint density at radius 1 is 1.19 bits per heavy atom. The minimum absolute atomic E-state index is 0.229. The summed E-state index contributed by atoms with van der Waals surface area (Å²) in [5.41, 5.74) is 0.196. The summed E-state index contributed by atoms with van der Waals surface area (Å²) in [6.45, 7) is 4.25. The van der Waals surface area contributed by atoms with Gasteiger partial charge in [0.25, 0.3) is 5.91 Å². The molecule has 0 aromatic heterocycles. The maximum atomic E-state index is 12.8. The van der Waals surface area contributed by atoms with Crippen molar-refractivity contribution in [2.45, 2.75) is 44.2 Å². The Kier molecular flexibility index (Phi) is 5.40. The molecule has 0 unspecified atom stereocenters. The van der Waals surface area contributed by atoms with Gasteiger partial charge in [-0.05, 0) is 18.4 Å². The largest absolute Gasteiger partial charge is 0.333 e. The van der Waals surface area contributed by atoms with Crippen molar-refractivity contribution < 1.29 is 14.4 Å². The number of benzene rings is 1. The molecule has 1 saturated carbocycles. The molecule has 1 heterocycles. The van der Waals surface area contributed by atoms with Gasteiger partial charge in [0.2, 0.25) is 5.91 Å². The van der Waals surface area contributed by atoms with E-state index in [1.807, 2.05) is 30.3 Å². The zero-order chi connectivity index (χ0) is 18.6. The van der Waals surface area contributed by atoms with E-state index in [4.69, 9.17) is 0 Å². The Bertz CT molecular complexity index is 696. The van der Waals surface area contributed by atoms with Crippen LogP contribution in [0.1, 0.15) is 37.7 Å². The highest BCUT2D eigenvalue weighted by Gasteiger charge is 2.51. The maximum absolute atomic E-state index is 12.8. The summed E-state index contributed by atoms with van der Waals surface area (Å²) in [6, 6.07) is 9.16. The van der Waals surface area contributed by atoms with Crippen LogP contribution in [0.4, 0.5) is 4.79 Å². The first-order valence-electron chi connectivity index (χ1n) is 9.12. The van der Waals surface area contributed by atoms with Gasteiger partial charge in [0.15, 0.2) is 0 Å². The van der Waals surface area contributed by atoms with Crippen LogP contribution < -0.4 is 5.32 Å². The lowest BCUT2D eigenvalue weighted by Crippen LogP contribution is -2.49. The molecule has 26 heavy (non-hydrogen) atoms. The van der Waals surface area contributed by atoms with Crippen molar-refractivity contribution >= 4 is 17.8 Å². The topological polar surface area (TPSA) is 69.7 Å². The van der Waals surface area contributed by atoms with Crippen LogP contribution in [0, 0.1) is 0 Å². The number of hydrogen-bond donors (Lipinski definition) is 1. The van der Waals surface area contributed by atoms with Gasteiger partial charge in [-0.25, -0.2) is 4.79 Å². The molecule has 1 N–H and O–H groups in total. The summed E-state index contributed by atoms with van der Waals surface area (Å²) < 4.78 is 0. The molecule has 1 aliphatic heterocycles. The predicted octanol–water partition coefficient (Wildman–Crippen LogP) is 2.46. The van der Waals surface area contributed by atoms with Crippen LogP contribution in [-0.2, 0) is 16.1 Å². The Morgan fingerprint density at radius 3 is 2.54 bits per heavy atom. The molecule has 2 fully saturated rings. The number of nitrogens with one attached hydrogen (secondary N) is 1. The summed E-state index contributed by atoms with van der Waals surface area (Å²) in [7, 11) is 0. The van der Waals surface area contributed by atoms with Gasteiger partial charge in [-0.2, -0.15) is 0 Å². The van der Waals surface area contributed by atoms with Crippen molar-refractivity contribution in [3.63, 3.8) is 0 Å². The average molecular weight is 355 g/mol. The number of carbonyl (C=O) groups is 3. The summed E-state index contributed by atoms with van der Waals surface area (Å²) in [6.07, 6.45) is 5.88. The Morgan fingerprint density at radius 2 is 1.88 bits per heavy atom. The Labute approximate surface area is 153 Å². The van der Waals surface area contributed by atoms with E-state index in [-0.39, 0.29) is 18.4 Å². The zero-order valence-corrected chi connectivity index (χ0v) is 14.9. The van der Waals surface area contributed by atoms with E-state index < -0.39 is 11.6 Å². The van der Waals surface area contributed by atoms with E-state index in [1.165, 1.54) is 0 Å². The van der Waals surface area contributed by atoms with E-state index in [1.54, 1.807) is 11.0 Å². The molecule has 1 saturated heterocycles. The summed E-state index contributed by atoms with van der Waals surface area (Å²) in [4.78, 5) is 40.6. The maximum Gasteiger partial charge on any atom is 0.325 e. The molecular formula is C20H25N3O3. The average Bonchev–Trinajstić information content (AvgIpc) is 2.87. The van der Waals surface area contributed by atoms with Crippen molar-refractivity contribution in [1.82, 2.24) is 15.1 Å². The SMILES string of the molecule is C=CCN(Cc1ccccc1)C(=O)CN1C(=O)NC2(CCCCC2)C1=O. The molecule has 2 aliphatic rings. The lowest BCUT2D eigenvalue weighted by Gasteiger charge is -2.30. The van der Waals surface area contributed by atoms with Crippen LogP contribution in [0.3, 0.4) is 0 Å². The zero-order valence-electron chi connectivity index (χ0n) is 14.9. The second-order valence-electron chi connectivity index (χ2n) is 7.01. The number of nitrogens with zero attached hydrogens (tertiary/aromatic N) is 2. The van der Waals surface area contributed by atoms with Gasteiger partial charge in [-0.15, -0.1) is 6.58 Å². The second kappa shape index (κ2) is 7.72. The number of amides is 4. The molecule has 0 radical (unpaired) electrons. The standard InChI is InChI=1S/C20H25N3O3/c1-2-13-22(14-16-9-5-3-6-10-16)17(24)15-23-18(25)20(21-19(23)26)11-7-4-8-12-20/h2-3,5-6,9-10H,1,4,7-8,11-15H2,(H,21,26). The number of carbonyl (C=O) groups excluding carboxylic acids is 3. The minimum atomic E-state index is -0.793. The summed E-state index contributed by atoms with van der Waals surface area (Å²) >= 11 is 0. The van der Waals surface area contributed by atoms with Crippen LogP contribution in [-0.4, -0.2) is 46.3 Å². The monoisotopic (exact) mass is 355 g/mol.